The molecule has 7 nitrogen and oxygen atoms in total. The van der Waals surface area contributed by atoms with Gasteiger partial charge in [0, 0.05) is 49.7 Å². The Kier molecular flexibility index (Phi) is 4.90. The molecule has 0 atom stereocenters. The number of nitrogens with zero attached hydrogens (tertiary/aromatic N) is 5. The lowest BCUT2D eigenvalue weighted by Gasteiger charge is -2.22. The second-order valence-corrected chi connectivity index (χ2v) is 8.05. The van der Waals surface area contributed by atoms with Crippen LogP contribution in [-0.2, 0) is 0 Å². The molecule has 31 heavy (non-hydrogen) atoms. The van der Waals surface area contributed by atoms with Crippen LogP contribution in [-0.4, -0.2) is 51.9 Å². The monoisotopic (exact) mass is 423 g/mol. The predicted molar refractivity (Wildman–Crippen MR) is 116 cm³/mol. The number of imidazole rings is 1. The summed E-state index contributed by atoms with van der Waals surface area (Å²) < 4.78 is 29.3. The minimum absolute atomic E-state index is 0.364. The molecule has 0 unspecified atom stereocenters. The van der Waals surface area contributed by atoms with Gasteiger partial charge in [0.2, 0.25) is 0 Å². The van der Waals surface area contributed by atoms with E-state index in [1.54, 1.807) is 0 Å². The van der Waals surface area contributed by atoms with E-state index < -0.39 is 11.6 Å². The molecule has 0 spiro atoms. The van der Waals surface area contributed by atoms with E-state index in [1.165, 1.54) is 0 Å². The Morgan fingerprint density at radius 1 is 1.03 bits per heavy atom. The first-order chi connectivity index (χ1) is 15.0. The lowest BCUT2D eigenvalue weighted by Crippen LogP contribution is -2.29. The first-order valence-electron chi connectivity index (χ1n) is 10.3. The van der Waals surface area contributed by atoms with Gasteiger partial charge in [0.15, 0.2) is 11.6 Å². The summed E-state index contributed by atoms with van der Waals surface area (Å²) in [5.41, 5.74) is 3.41. The van der Waals surface area contributed by atoms with E-state index in [4.69, 9.17) is 0 Å². The zero-order valence-electron chi connectivity index (χ0n) is 17.4. The Balaban J connectivity index is 1.56. The summed E-state index contributed by atoms with van der Waals surface area (Å²) in [6.07, 6.45) is 7.81. The molecule has 1 saturated heterocycles. The number of anilines is 1. The number of halogens is 2. The lowest BCUT2D eigenvalue weighted by molar-refractivity contribution is 0.343. The number of piperidine rings is 1. The summed E-state index contributed by atoms with van der Waals surface area (Å²) in [4.78, 5) is 14.1. The largest absolute Gasteiger partial charge is 0.362 e. The summed E-state index contributed by atoms with van der Waals surface area (Å²) >= 11 is 0. The van der Waals surface area contributed by atoms with Crippen molar-refractivity contribution < 1.29 is 8.78 Å². The SMILES string of the molecule is CN(C)c1ncc(-c2cnn(C3CCNCC3)c2)cc1-c1nc2cc(F)c(F)cc2[nH]1. The number of fused-ring (bicyclic) bond motifs is 1. The van der Waals surface area contributed by atoms with Gasteiger partial charge >= 0.3 is 0 Å². The maximum Gasteiger partial charge on any atom is 0.161 e. The van der Waals surface area contributed by atoms with Crippen LogP contribution >= 0.6 is 0 Å². The quantitative estimate of drug-likeness (QED) is 0.523. The fraction of sp³-hybridized carbons (Fsp3) is 0.318. The summed E-state index contributed by atoms with van der Waals surface area (Å²) in [7, 11) is 3.78. The molecular formula is C22H23F2N7. The standard InChI is InChI=1S/C22H23F2N7/c1-30(2)22-16(21-28-19-8-17(23)18(24)9-20(19)29-21)7-13(10-26-22)14-11-27-31(12-14)15-3-5-25-6-4-15/h7-12,15,25H,3-6H2,1-2H3,(H,28,29). The third kappa shape index (κ3) is 3.65. The molecule has 9 heteroatoms. The van der Waals surface area contributed by atoms with Gasteiger partial charge in [-0.1, -0.05) is 0 Å². The molecular weight excluding hydrogens is 400 g/mol. The summed E-state index contributed by atoms with van der Waals surface area (Å²) in [5.74, 6) is -0.624. The van der Waals surface area contributed by atoms with E-state index in [-0.39, 0.29) is 0 Å². The highest BCUT2D eigenvalue weighted by molar-refractivity contribution is 5.84. The normalized spacial score (nSPS) is 15.0. The number of benzene rings is 1. The third-order valence-electron chi connectivity index (χ3n) is 5.69. The van der Waals surface area contributed by atoms with Crippen LogP contribution in [0.15, 0.2) is 36.8 Å². The van der Waals surface area contributed by atoms with E-state index in [1.807, 2.05) is 42.1 Å². The molecule has 0 bridgehead atoms. The Labute approximate surface area is 178 Å². The van der Waals surface area contributed by atoms with E-state index in [0.29, 0.717) is 28.7 Å². The molecule has 2 N–H and O–H groups in total. The number of nitrogens with one attached hydrogen (secondary N) is 2. The number of aromatic nitrogens is 5. The number of hydrogen-bond donors (Lipinski definition) is 2. The number of pyridine rings is 1. The van der Waals surface area contributed by atoms with Gasteiger partial charge in [0.1, 0.15) is 11.6 Å². The first kappa shape index (κ1) is 19.6. The molecule has 3 aromatic heterocycles. The van der Waals surface area contributed by atoms with E-state index >= 15 is 0 Å². The second-order valence-electron chi connectivity index (χ2n) is 8.05. The van der Waals surface area contributed by atoms with Crippen molar-refractivity contribution in [2.45, 2.75) is 18.9 Å². The average molecular weight is 423 g/mol. The zero-order valence-corrected chi connectivity index (χ0v) is 17.4. The van der Waals surface area contributed by atoms with Crippen LogP contribution in [0.25, 0.3) is 33.5 Å². The van der Waals surface area contributed by atoms with Gasteiger partial charge in [-0.2, -0.15) is 5.10 Å². The molecule has 0 aliphatic carbocycles. The highest BCUT2D eigenvalue weighted by atomic mass is 19.2. The molecule has 0 radical (unpaired) electrons. The number of hydrogen-bond acceptors (Lipinski definition) is 5. The Morgan fingerprint density at radius 3 is 2.58 bits per heavy atom. The zero-order chi connectivity index (χ0) is 21.5. The molecule has 160 valence electrons. The third-order valence-corrected chi connectivity index (χ3v) is 5.69. The fourth-order valence-corrected chi connectivity index (χ4v) is 4.04. The molecule has 1 fully saturated rings. The maximum absolute atomic E-state index is 13.7. The van der Waals surface area contributed by atoms with Crippen molar-refractivity contribution in [1.82, 2.24) is 30.0 Å². The summed E-state index contributed by atoms with van der Waals surface area (Å²) in [5, 5.41) is 7.94. The molecule has 1 aliphatic heterocycles. The molecule has 5 rings (SSSR count). The molecule has 1 aromatic carbocycles. The number of aromatic amines is 1. The maximum atomic E-state index is 13.7. The van der Waals surface area contributed by atoms with Gasteiger partial charge in [-0.25, -0.2) is 18.7 Å². The Morgan fingerprint density at radius 2 is 1.81 bits per heavy atom. The molecule has 0 saturated carbocycles. The highest BCUT2D eigenvalue weighted by Gasteiger charge is 2.19. The fourth-order valence-electron chi connectivity index (χ4n) is 4.04. The van der Waals surface area contributed by atoms with Crippen LogP contribution in [0, 0.1) is 11.6 Å². The van der Waals surface area contributed by atoms with Crippen LogP contribution in [0.5, 0.6) is 0 Å². The van der Waals surface area contributed by atoms with E-state index in [0.717, 1.165) is 54.8 Å². The summed E-state index contributed by atoms with van der Waals surface area (Å²) in [6, 6.07) is 4.59. The van der Waals surface area contributed by atoms with Gasteiger partial charge in [-0.15, -0.1) is 0 Å². The van der Waals surface area contributed by atoms with Crippen LogP contribution in [0.2, 0.25) is 0 Å². The smallest absolute Gasteiger partial charge is 0.161 e. The minimum Gasteiger partial charge on any atom is -0.362 e. The van der Waals surface area contributed by atoms with Crippen molar-refractivity contribution in [2.24, 2.45) is 0 Å². The lowest BCUT2D eigenvalue weighted by atomic mass is 10.1. The van der Waals surface area contributed by atoms with Gasteiger partial charge in [-0.05, 0) is 32.0 Å². The van der Waals surface area contributed by atoms with Crippen molar-refractivity contribution in [3.63, 3.8) is 0 Å². The first-order valence-corrected chi connectivity index (χ1v) is 10.3. The minimum atomic E-state index is -0.921. The van der Waals surface area contributed by atoms with Crippen LogP contribution in [0.4, 0.5) is 14.6 Å². The van der Waals surface area contributed by atoms with Crippen LogP contribution in [0.1, 0.15) is 18.9 Å². The Hall–Kier alpha value is -3.33. The van der Waals surface area contributed by atoms with Crippen molar-refractivity contribution in [3.05, 3.63) is 48.4 Å². The average Bonchev–Trinajstić information content (AvgIpc) is 3.42. The Bertz CT molecular complexity index is 1200. The van der Waals surface area contributed by atoms with Crippen molar-refractivity contribution in [2.75, 3.05) is 32.1 Å². The predicted octanol–water partition coefficient (Wildman–Crippen LogP) is 3.76. The van der Waals surface area contributed by atoms with Gasteiger partial charge in [-0.3, -0.25) is 4.68 Å². The van der Waals surface area contributed by atoms with Gasteiger partial charge in [0.05, 0.1) is 28.8 Å². The van der Waals surface area contributed by atoms with E-state index in [9.17, 15) is 8.78 Å². The second kappa shape index (κ2) is 7.73. The van der Waals surface area contributed by atoms with Crippen molar-refractivity contribution >= 4 is 16.9 Å². The highest BCUT2D eigenvalue weighted by Crippen LogP contribution is 2.33. The van der Waals surface area contributed by atoms with Crippen LogP contribution in [0.3, 0.4) is 0 Å². The topological polar surface area (TPSA) is 74.7 Å². The number of H-pyrrole nitrogens is 1. The molecule has 4 heterocycles. The number of rotatable bonds is 4. The molecule has 0 amide bonds. The van der Waals surface area contributed by atoms with Crippen molar-refractivity contribution in [1.29, 1.82) is 0 Å². The molecule has 1 aliphatic rings. The van der Waals surface area contributed by atoms with Gasteiger partial charge < -0.3 is 15.2 Å². The van der Waals surface area contributed by atoms with Gasteiger partial charge in [0.25, 0.3) is 0 Å². The molecule has 4 aromatic rings. The van der Waals surface area contributed by atoms with E-state index in [2.05, 4.69) is 31.6 Å². The van der Waals surface area contributed by atoms with Crippen LogP contribution < -0.4 is 10.2 Å². The van der Waals surface area contributed by atoms with Crippen molar-refractivity contribution in [3.8, 4) is 22.5 Å². The summed E-state index contributed by atoms with van der Waals surface area (Å²) in [6.45, 7) is 1.99.